The Balaban J connectivity index is 1.81. The van der Waals surface area contributed by atoms with Gasteiger partial charge in [-0.2, -0.15) is 4.99 Å². The molecule has 27 heavy (non-hydrogen) atoms. The lowest BCUT2D eigenvalue weighted by molar-refractivity contribution is 0.0973. The van der Waals surface area contributed by atoms with E-state index in [4.69, 9.17) is 13.9 Å². The van der Waals surface area contributed by atoms with Crippen LogP contribution in [0, 0.1) is 0 Å². The Morgan fingerprint density at radius 1 is 1.19 bits per heavy atom. The number of carbonyl (C=O) groups is 1. The number of rotatable bonds is 5. The molecule has 0 fully saturated rings. The van der Waals surface area contributed by atoms with Crippen LogP contribution in [-0.4, -0.2) is 31.3 Å². The van der Waals surface area contributed by atoms with Gasteiger partial charge in [0, 0.05) is 19.0 Å². The van der Waals surface area contributed by atoms with Crippen molar-refractivity contribution in [2.75, 3.05) is 20.8 Å². The van der Waals surface area contributed by atoms with Crippen molar-refractivity contribution in [2.45, 2.75) is 6.54 Å². The van der Waals surface area contributed by atoms with Gasteiger partial charge in [-0.15, -0.1) is 0 Å². The van der Waals surface area contributed by atoms with Crippen molar-refractivity contribution in [1.82, 2.24) is 4.57 Å². The van der Waals surface area contributed by atoms with E-state index in [1.807, 2.05) is 47.0 Å². The highest BCUT2D eigenvalue weighted by molar-refractivity contribution is 7.16. The molecule has 0 atom stereocenters. The second kappa shape index (κ2) is 7.38. The first-order valence-corrected chi connectivity index (χ1v) is 9.25. The van der Waals surface area contributed by atoms with Gasteiger partial charge < -0.3 is 18.5 Å². The Hall–Kier alpha value is -2.90. The van der Waals surface area contributed by atoms with Crippen molar-refractivity contribution >= 4 is 38.4 Å². The number of fused-ring (bicyclic) bond motifs is 2. The second-order valence-electron chi connectivity index (χ2n) is 5.93. The lowest BCUT2D eigenvalue weighted by Crippen LogP contribution is -2.19. The third-order valence-electron chi connectivity index (χ3n) is 4.24. The quantitative estimate of drug-likeness (QED) is 0.526. The van der Waals surface area contributed by atoms with Gasteiger partial charge in [0.25, 0.3) is 0 Å². The maximum atomic E-state index is 12.7. The summed E-state index contributed by atoms with van der Waals surface area (Å²) >= 11 is 1.43. The van der Waals surface area contributed by atoms with E-state index in [9.17, 15) is 4.79 Å². The number of hydrogen-bond acceptors (Lipinski definition) is 5. The average molecular weight is 382 g/mol. The zero-order valence-electron chi connectivity index (χ0n) is 15.0. The largest absolute Gasteiger partial charge is 0.497 e. The van der Waals surface area contributed by atoms with Crippen molar-refractivity contribution in [3.05, 3.63) is 59.1 Å². The van der Waals surface area contributed by atoms with Gasteiger partial charge in [-0.05, 0) is 30.3 Å². The van der Waals surface area contributed by atoms with E-state index in [0.717, 1.165) is 21.4 Å². The normalized spacial score (nSPS) is 12.1. The summed E-state index contributed by atoms with van der Waals surface area (Å²) in [4.78, 5) is 17.6. The molecule has 0 unspecified atom stereocenters. The molecule has 0 bridgehead atoms. The third kappa shape index (κ3) is 3.39. The zero-order chi connectivity index (χ0) is 18.8. The van der Waals surface area contributed by atoms with E-state index >= 15 is 0 Å². The minimum absolute atomic E-state index is 0.226. The fraction of sp³-hybridized carbons (Fsp3) is 0.200. The lowest BCUT2D eigenvalue weighted by Gasteiger charge is -2.04. The maximum Gasteiger partial charge on any atom is 0.315 e. The van der Waals surface area contributed by atoms with Crippen molar-refractivity contribution in [1.29, 1.82) is 0 Å². The summed E-state index contributed by atoms with van der Waals surface area (Å²) in [5, 5.41) is 0.879. The second-order valence-corrected chi connectivity index (χ2v) is 6.94. The minimum Gasteiger partial charge on any atom is -0.497 e. The van der Waals surface area contributed by atoms with E-state index in [-0.39, 0.29) is 5.76 Å². The first-order chi connectivity index (χ1) is 13.2. The number of carbonyl (C=O) groups excluding carboxylic acids is 1. The first-order valence-electron chi connectivity index (χ1n) is 8.43. The van der Waals surface area contributed by atoms with Gasteiger partial charge in [0.15, 0.2) is 10.6 Å². The molecule has 138 valence electrons. The zero-order valence-corrected chi connectivity index (χ0v) is 15.8. The highest BCUT2D eigenvalue weighted by atomic mass is 32.1. The van der Waals surface area contributed by atoms with E-state index in [1.54, 1.807) is 20.3 Å². The van der Waals surface area contributed by atoms with Crippen molar-refractivity contribution < 1.29 is 18.7 Å². The number of hydrogen-bond donors (Lipinski definition) is 0. The topological polar surface area (TPSA) is 66.0 Å². The molecule has 4 rings (SSSR count). The molecule has 6 nitrogen and oxygen atoms in total. The molecule has 4 aromatic rings. The SMILES string of the molecule is COCCn1c(=NC(=O)c2cc3ccccc3o2)sc2cc(OC)ccc21. The number of nitrogens with zero attached hydrogens (tertiary/aromatic N) is 2. The minimum atomic E-state index is -0.407. The number of ether oxygens (including phenoxy) is 2. The number of amides is 1. The van der Waals surface area contributed by atoms with Crippen LogP contribution < -0.4 is 9.54 Å². The fourth-order valence-electron chi connectivity index (χ4n) is 2.89. The van der Waals surface area contributed by atoms with Crippen LogP contribution in [0.3, 0.4) is 0 Å². The molecular weight excluding hydrogens is 364 g/mol. The molecular formula is C20H18N2O4S. The molecule has 0 N–H and O–H groups in total. The van der Waals surface area contributed by atoms with Crippen molar-refractivity contribution in [3.8, 4) is 5.75 Å². The van der Waals surface area contributed by atoms with Gasteiger partial charge in [0.2, 0.25) is 0 Å². The summed E-state index contributed by atoms with van der Waals surface area (Å²) in [5.41, 5.74) is 1.65. The van der Waals surface area contributed by atoms with Gasteiger partial charge in [-0.25, -0.2) is 0 Å². The summed E-state index contributed by atoms with van der Waals surface area (Å²) in [5.74, 6) is 0.582. The smallest absolute Gasteiger partial charge is 0.315 e. The van der Waals surface area contributed by atoms with Gasteiger partial charge in [-0.3, -0.25) is 4.79 Å². The average Bonchev–Trinajstić information content (AvgIpc) is 3.27. The van der Waals surface area contributed by atoms with Crippen molar-refractivity contribution in [3.63, 3.8) is 0 Å². The molecule has 0 aliphatic carbocycles. The molecule has 0 saturated heterocycles. The lowest BCUT2D eigenvalue weighted by atomic mass is 10.2. The van der Waals surface area contributed by atoms with E-state index in [1.165, 1.54) is 11.3 Å². The van der Waals surface area contributed by atoms with Crippen molar-refractivity contribution in [2.24, 2.45) is 4.99 Å². The number of thiazole rings is 1. The number of furan rings is 1. The molecule has 0 aliphatic heterocycles. The van der Waals surface area contributed by atoms with Gasteiger partial charge in [0.1, 0.15) is 11.3 Å². The van der Waals surface area contributed by atoms with Crippen LogP contribution in [0.2, 0.25) is 0 Å². The molecule has 1 amide bonds. The van der Waals surface area contributed by atoms with E-state index in [0.29, 0.717) is 23.5 Å². The van der Waals surface area contributed by atoms with Crippen LogP contribution >= 0.6 is 11.3 Å². The fourth-order valence-corrected chi connectivity index (χ4v) is 3.98. The first kappa shape index (κ1) is 17.5. The molecule has 0 saturated carbocycles. The molecule has 2 aromatic carbocycles. The van der Waals surface area contributed by atoms with E-state index < -0.39 is 5.91 Å². The van der Waals surface area contributed by atoms with Gasteiger partial charge in [-0.1, -0.05) is 29.5 Å². The molecule has 2 heterocycles. The molecule has 0 spiro atoms. The molecule has 0 radical (unpaired) electrons. The summed E-state index contributed by atoms with van der Waals surface area (Å²) in [6.07, 6.45) is 0. The van der Waals surface area contributed by atoms with Crippen LogP contribution in [0.1, 0.15) is 10.6 Å². The number of para-hydroxylation sites is 1. The van der Waals surface area contributed by atoms with Crippen LogP contribution in [0.25, 0.3) is 21.2 Å². The summed E-state index contributed by atoms with van der Waals surface area (Å²) < 4.78 is 19.1. The van der Waals surface area contributed by atoms with Crippen LogP contribution in [0.5, 0.6) is 5.75 Å². The number of methoxy groups -OCH3 is 2. The van der Waals surface area contributed by atoms with E-state index in [2.05, 4.69) is 4.99 Å². The summed E-state index contributed by atoms with van der Waals surface area (Å²) in [6, 6.07) is 15.0. The standard InChI is InChI=1S/C20H18N2O4S/c1-24-10-9-22-15-8-7-14(25-2)12-18(15)27-20(22)21-19(23)17-11-13-5-3-4-6-16(13)26-17/h3-8,11-12H,9-10H2,1-2H3. The Morgan fingerprint density at radius 2 is 2.04 bits per heavy atom. The van der Waals surface area contributed by atoms with Gasteiger partial charge in [0.05, 0.1) is 23.9 Å². The highest BCUT2D eigenvalue weighted by Gasteiger charge is 2.13. The van der Waals surface area contributed by atoms with Crippen LogP contribution in [-0.2, 0) is 11.3 Å². The molecule has 0 aliphatic rings. The third-order valence-corrected chi connectivity index (χ3v) is 5.28. The Bertz CT molecular complexity index is 1150. The maximum absolute atomic E-state index is 12.7. The number of benzene rings is 2. The van der Waals surface area contributed by atoms with Crippen LogP contribution in [0.4, 0.5) is 0 Å². The van der Waals surface area contributed by atoms with Crippen LogP contribution in [0.15, 0.2) is 57.9 Å². The van der Waals surface area contributed by atoms with Gasteiger partial charge >= 0.3 is 5.91 Å². The predicted molar refractivity (Wildman–Crippen MR) is 104 cm³/mol. The number of aromatic nitrogens is 1. The Kier molecular flexibility index (Phi) is 4.79. The highest BCUT2D eigenvalue weighted by Crippen LogP contribution is 2.24. The monoisotopic (exact) mass is 382 g/mol. The Labute approximate surface area is 159 Å². The summed E-state index contributed by atoms with van der Waals surface area (Å²) in [6.45, 7) is 1.11. The predicted octanol–water partition coefficient (Wildman–Crippen LogP) is 3.85. The molecule has 7 heteroatoms. The molecule has 2 aromatic heterocycles. The Morgan fingerprint density at radius 3 is 2.81 bits per heavy atom. The summed E-state index contributed by atoms with van der Waals surface area (Å²) in [7, 11) is 3.28.